The van der Waals surface area contributed by atoms with Gasteiger partial charge in [0.1, 0.15) is 0 Å². The van der Waals surface area contributed by atoms with Gasteiger partial charge in [-0.3, -0.25) is 9.59 Å². The van der Waals surface area contributed by atoms with Gasteiger partial charge in [-0.25, -0.2) is 0 Å². The van der Waals surface area contributed by atoms with Crippen LogP contribution in [0, 0.1) is 0 Å². The molecule has 4 N–H and O–H groups in total. The minimum atomic E-state index is -0.904. The summed E-state index contributed by atoms with van der Waals surface area (Å²) in [5.74, 6) is -1.04. The van der Waals surface area contributed by atoms with Crippen LogP contribution in [0.4, 0.5) is 0 Å². The molecule has 0 bridgehead atoms. The van der Waals surface area contributed by atoms with Gasteiger partial charge in [0.05, 0.1) is 6.42 Å². The summed E-state index contributed by atoms with van der Waals surface area (Å²) < 4.78 is 0. The highest BCUT2D eigenvalue weighted by atomic mass is 16.4. The number of hydrogen-bond donors (Lipinski definition) is 3. The lowest BCUT2D eigenvalue weighted by atomic mass is 9.94. The maximum atomic E-state index is 11.4. The first-order chi connectivity index (χ1) is 7.02. The number of carboxylic acid groups (broad SMARTS) is 1. The predicted molar refractivity (Wildman–Crippen MR) is 55.3 cm³/mol. The summed E-state index contributed by atoms with van der Waals surface area (Å²) in [6.45, 7) is 0.185. The molecule has 5 heteroatoms. The molecular formula is C10H18N2O3. The molecule has 0 aliphatic heterocycles. The van der Waals surface area contributed by atoms with Crippen LogP contribution in [0.3, 0.4) is 0 Å². The van der Waals surface area contributed by atoms with Crippen LogP contribution in [-0.4, -0.2) is 29.1 Å². The van der Waals surface area contributed by atoms with Crippen molar-refractivity contribution in [2.45, 2.75) is 44.1 Å². The van der Waals surface area contributed by atoms with Crippen LogP contribution in [0.5, 0.6) is 0 Å². The van der Waals surface area contributed by atoms with Crippen molar-refractivity contribution in [3.05, 3.63) is 0 Å². The molecule has 5 nitrogen and oxygen atoms in total. The minimum Gasteiger partial charge on any atom is -0.481 e. The van der Waals surface area contributed by atoms with Crippen LogP contribution < -0.4 is 11.1 Å². The highest BCUT2D eigenvalue weighted by Crippen LogP contribution is 2.29. The maximum absolute atomic E-state index is 11.4. The fraction of sp³-hybridized carbons (Fsp3) is 0.800. The SMILES string of the molecule is NC1(CC(=O)NCCC(=O)O)CCCC1. The Bertz CT molecular complexity index is 247. The third kappa shape index (κ3) is 4.29. The average molecular weight is 214 g/mol. The van der Waals surface area contributed by atoms with Crippen molar-refractivity contribution in [3.8, 4) is 0 Å². The number of hydrogen-bond acceptors (Lipinski definition) is 3. The molecule has 0 atom stereocenters. The van der Waals surface area contributed by atoms with Crippen LogP contribution in [0.1, 0.15) is 38.5 Å². The fourth-order valence-electron chi connectivity index (χ4n) is 1.95. The molecule has 1 rings (SSSR count). The van der Waals surface area contributed by atoms with Crippen molar-refractivity contribution in [2.24, 2.45) is 5.73 Å². The Morgan fingerprint density at radius 1 is 1.33 bits per heavy atom. The Hall–Kier alpha value is -1.10. The van der Waals surface area contributed by atoms with E-state index < -0.39 is 5.97 Å². The molecule has 0 unspecified atom stereocenters. The second-order valence-electron chi connectivity index (χ2n) is 4.24. The van der Waals surface area contributed by atoms with Gasteiger partial charge in [-0.2, -0.15) is 0 Å². The zero-order valence-electron chi connectivity index (χ0n) is 8.79. The van der Waals surface area contributed by atoms with Gasteiger partial charge in [-0.15, -0.1) is 0 Å². The fourth-order valence-corrected chi connectivity index (χ4v) is 1.95. The summed E-state index contributed by atoms with van der Waals surface area (Å²) >= 11 is 0. The second-order valence-corrected chi connectivity index (χ2v) is 4.24. The van der Waals surface area contributed by atoms with E-state index in [4.69, 9.17) is 10.8 Å². The smallest absolute Gasteiger partial charge is 0.305 e. The van der Waals surface area contributed by atoms with E-state index in [-0.39, 0.29) is 24.4 Å². The van der Waals surface area contributed by atoms with E-state index in [1.807, 2.05) is 0 Å². The number of rotatable bonds is 5. The normalized spacial score (nSPS) is 18.7. The number of amides is 1. The van der Waals surface area contributed by atoms with Gasteiger partial charge in [-0.05, 0) is 12.8 Å². The first kappa shape index (κ1) is 12.0. The van der Waals surface area contributed by atoms with Crippen LogP contribution >= 0.6 is 0 Å². The monoisotopic (exact) mass is 214 g/mol. The summed E-state index contributed by atoms with van der Waals surface area (Å²) in [6, 6.07) is 0. The summed E-state index contributed by atoms with van der Waals surface area (Å²) in [4.78, 5) is 21.6. The van der Waals surface area contributed by atoms with E-state index in [9.17, 15) is 9.59 Å². The van der Waals surface area contributed by atoms with Crippen LogP contribution in [0.15, 0.2) is 0 Å². The van der Waals surface area contributed by atoms with Gasteiger partial charge in [0.25, 0.3) is 0 Å². The van der Waals surface area contributed by atoms with E-state index in [0.717, 1.165) is 25.7 Å². The molecule has 1 aliphatic rings. The van der Waals surface area contributed by atoms with Crippen LogP contribution in [-0.2, 0) is 9.59 Å². The first-order valence-corrected chi connectivity index (χ1v) is 5.29. The standard InChI is InChI=1S/C10H18N2O3/c11-10(4-1-2-5-10)7-8(13)12-6-3-9(14)15/h1-7,11H2,(H,12,13)(H,14,15). The molecule has 86 valence electrons. The highest BCUT2D eigenvalue weighted by Gasteiger charge is 2.31. The largest absolute Gasteiger partial charge is 0.481 e. The quantitative estimate of drug-likeness (QED) is 0.611. The second kappa shape index (κ2) is 5.11. The van der Waals surface area contributed by atoms with Gasteiger partial charge in [0.15, 0.2) is 0 Å². The van der Waals surface area contributed by atoms with E-state index in [0.29, 0.717) is 6.42 Å². The van der Waals surface area contributed by atoms with Crippen molar-refractivity contribution in [3.63, 3.8) is 0 Å². The summed E-state index contributed by atoms with van der Waals surface area (Å²) in [6.07, 6.45) is 4.21. The third-order valence-corrected chi connectivity index (χ3v) is 2.77. The van der Waals surface area contributed by atoms with Crippen LogP contribution in [0.2, 0.25) is 0 Å². The van der Waals surface area contributed by atoms with Crippen molar-refractivity contribution < 1.29 is 14.7 Å². The van der Waals surface area contributed by atoms with Crippen molar-refractivity contribution >= 4 is 11.9 Å². The van der Waals surface area contributed by atoms with Crippen molar-refractivity contribution in [1.82, 2.24) is 5.32 Å². The third-order valence-electron chi connectivity index (χ3n) is 2.77. The highest BCUT2D eigenvalue weighted by molar-refractivity contribution is 5.78. The van der Waals surface area contributed by atoms with Crippen molar-refractivity contribution in [2.75, 3.05) is 6.54 Å². The number of aliphatic carboxylic acids is 1. The van der Waals surface area contributed by atoms with Gasteiger partial charge < -0.3 is 16.2 Å². The summed E-state index contributed by atoms with van der Waals surface area (Å²) in [5.41, 5.74) is 5.66. The molecule has 1 amide bonds. The van der Waals surface area contributed by atoms with Crippen LogP contribution in [0.25, 0.3) is 0 Å². The molecule has 0 aromatic rings. The van der Waals surface area contributed by atoms with Gasteiger partial charge in [0, 0.05) is 18.5 Å². The molecule has 15 heavy (non-hydrogen) atoms. The Balaban J connectivity index is 2.20. The number of carbonyl (C=O) groups excluding carboxylic acids is 1. The molecule has 0 aromatic carbocycles. The first-order valence-electron chi connectivity index (χ1n) is 5.29. The molecular weight excluding hydrogens is 196 g/mol. The van der Waals surface area contributed by atoms with E-state index in [1.165, 1.54) is 0 Å². The molecule has 0 radical (unpaired) electrons. The molecule has 0 spiro atoms. The topological polar surface area (TPSA) is 92.4 Å². The molecule has 1 aliphatic carbocycles. The van der Waals surface area contributed by atoms with Crippen molar-refractivity contribution in [1.29, 1.82) is 0 Å². The molecule has 1 saturated carbocycles. The van der Waals surface area contributed by atoms with E-state index >= 15 is 0 Å². The van der Waals surface area contributed by atoms with Gasteiger partial charge in [0.2, 0.25) is 5.91 Å². The molecule has 0 heterocycles. The Morgan fingerprint density at radius 3 is 2.47 bits per heavy atom. The molecule has 0 saturated heterocycles. The average Bonchev–Trinajstić information content (AvgIpc) is 2.50. The Kier molecular flexibility index (Phi) is 4.08. The lowest BCUT2D eigenvalue weighted by Gasteiger charge is -2.22. The maximum Gasteiger partial charge on any atom is 0.305 e. The predicted octanol–water partition coefficient (Wildman–Crippen LogP) is 0.239. The summed E-state index contributed by atoms with van der Waals surface area (Å²) in [7, 11) is 0. The Labute approximate surface area is 89.0 Å². The lowest BCUT2D eigenvalue weighted by Crippen LogP contribution is -2.42. The Morgan fingerprint density at radius 2 is 1.93 bits per heavy atom. The number of carboxylic acids is 1. The lowest BCUT2D eigenvalue weighted by molar-refractivity contribution is -0.136. The minimum absolute atomic E-state index is 0.0384. The van der Waals surface area contributed by atoms with Gasteiger partial charge >= 0.3 is 5.97 Å². The summed E-state index contributed by atoms with van der Waals surface area (Å²) in [5, 5.41) is 11.0. The molecule has 1 fully saturated rings. The van der Waals surface area contributed by atoms with E-state index in [2.05, 4.69) is 5.32 Å². The van der Waals surface area contributed by atoms with E-state index in [1.54, 1.807) is 0 Å². The number of nitrogens with one attached hydrogen (secondary N) is 1. The zero-order chi connectivity index (χ0) is 11.3. The number of carbonyl (C=O) groups is 2. The van der Waals surface area contributed by atoms with Gasteiger partial charge in [-0.1, -0.05) is 12.8 Å². The zero-order valence-corrected chi connectivity index (χ0v) is 8.79. The molecule has 0 aromatic heterocycles. The number of nitrogens with two attached hydrogens (primary N) is 1.